The van der Waals surface area contributed by atoms with Gasteiger partial charge in [-0.3, -0.25) is 9.78 Å². The highest BCUT2D eigenvalue weighted by Crippen LogP contribution is 2.34. The van der Waals surface area contributed by atoms with E-state index in [1.54, 1.807) is 6.20 Å². The molecule has 1 aliphatic heterocycles. The highest BCUT2D eigenvalue weighted by atomic mass is 16.1. The maximum absolute atomic E-state index is 11.3. The third-order valence-electron chi connectivity index (χ3n) is 3.76. The topological polar surface area (TPSA) is 60.9 Å². The molecule has 3 rings (SSSR count). The summed E-state index contributed by atoms with van der Waals surface area (Å²) in [6, 6.07) is 3.98. The fourth-order valence-corrected chi connectivity index (χ4v) is 2.91. The van der Waals surface area contributed by atoms with E-state index >= 15 is 0 Å². The van der Waals surface area contributed by atoms with Crippen molar-refractivity contribution >= 4 is 12.0 Å². The zero-order chi connectivity index (χ0) is 14.1. The Labute approximate surface area is 117 Å². The number of carbonyl (C=O) groups is 1. The summed E-state index contributed by atoms with van der Waals surface area (Å²) in [7, 11) is 0. The molecule has 0 aliphatic carbocycles. The van der Waals surface area contributed by atoms with Crippen LogP contribution in [0.5, 0.6) is 0 Å². The first-order valence-electron chi connectivity index (χ1n) is 6.75. The van der Waals surface area contributed by atoms with Gasteiger partial charge in [-0.2, -0.15) is 0 Å². The first-order chi connectivity index (χ1) is 9.68. The van der Waals surface area contributed by atoms with Crippen LogP contribution in [0.1, 0.15) is 23.2 Å². The van der Waals surface area contributed by atoms with Gasteiger partial charge in [0.1, 0.15) is 0 Å². The maximum Gasteiger partial charge on any atom is 0.221 e. The number of pyridine rings is 1. The van der Waals surface area contributed by atoms with Gasteiger partial charge in [-0.25, -0.2) is 0 Å². The molecule has 0 aromatic carbocycles. The van der Waals surface area contributed by atoms with Crippen LogP contribution in [0, 0.1) is 6.92 Å². The number of carbonyl (C=O) groups excluding carboxylic acids is 1. The Bertz CT molecular complexity index is 683. The molecule has 1 aliphatic rings. The van der Waals surface area contributed by atoms with Gasteiger partial charge in [0.25, 0.3) is 0 Å². The van der Waals surface area contributed by atoms with Gasteiger partial charge < -0.3 is 10.3 Å². The van der Waals surface area contributed by atoms with Crippen LogP contribution in [0.4, 0.5) is 0 Å². The first kappa shape index (κ1) is 12.7. The van der Waals surface area contributed by atoms with Crippen molar-refractivity contribution in [1.29, 1.82) is 0 Å². The molecule has 0 bridgehead atoms. The largest absolute Gasteiger partial charge is 0.369 e. The Kier molecular flexibility index (Phi) is 3.14. The lowest BCUT2D eigenvalue weighted by Gasteiger charge is -2.14. The second kappa shape index (κ2) is 4.96. The lowest BCUT2D eigenvalue weighted by Crippen LogP contribution is -2.15. The fraction of sp³-hybridized carbons (Fsp3) is 0.250. The Hall–Kier alpha value is -2.36. The number of aromatic nitrogens is 2. The van der Waals surface area contributed by atoms with Crippen molar-refractivity contribution in [2.45, 2.75) is 26.3 Å². The number of rotatable bonds is 3. The van der Waals surface area contributed by atoms with Crippen LogP contribution in [-0.4, -0.2) is 15.5 Å². The van der Waals surface area contributed by atoms with Crippen molar-refractivity contribution in [2.75, 3.05) is 0 Å². The molecule has 3 heterocycles. The number of nitrogens with zero attached hydrogens (tertiary/aromatic N) is 2. The molecule has 2 aromatic heterocycles. The standard InChI is InChI=1S/C16H17N3O/c1-11-13(9-15(17)20)14-6-2-3-8-19(14)16(11)12-5-4-7-18-10-12/h2,4-7,10H,3,8-9H2,1H3,(H2,17,20). The summed E-state index contributed by atoms with van der Waals surface area (Å²) < 4.78 is 2.27. The van der Waals surface area contributed by atoms with E-state index in [2.05, 4.69) is 34.7 Å². The van der Waals surface area contributed by atoms with E-state index in [1.165, 1.54) is 0 Å². The van der Waals surface area contributed by atoms with Crippen LogP contribution in [0.2, 0.25) is 0 Å². The van der Waals surface area contributed by atoms with Gasteiger partial charge in [-0.1, -0.05) is 6.08 Å². The average molecular weight is 267 g/mol. The summed E-state index contributed by atoms with van der Waals surface area (Å²) in [5, 5.41) is 0. The van der Waals surface area contributed by atoms with E-state index in [9.17, 15) is 4.79 Å². The molecule has 20 heavy (non-hydrogen) atoms. The predicted molar refractivity (Wildman–Crippen MR) is 78.9 cm³/mol. The molecule has 4 heteroatoms. The molecule has 0 saturated carbocycles. The number of primary amides is 1. The number of amides is 1. The monoisotopic (exact) mass is 267 g/mol. The minimum atomic E-state index is -0.293. The first-order valence-corrected chi connectivity index (χ1v) is 6.75. The van der Waals surface area contributed by atoms with E-state index in [4.69, 9.17) is 5.73 Å². The molecule has 102 valence electrons. The maximum atomic E-state index is 11.3. The molecule has 0 fully saturated rings. The molecular weight excluding hydrogens is 250 g/mol. The minimum absolute atomic E-state index is 0.284. The van der Waals surface area contributed by atoms with Crippen LogP contribution < -0.4 is 5.73 Å². The molecular formula is C16H17N3O. The molecule has 0 radical (unpaired) electrons. The molecule has 4 nitrogen and oxygen atoms in total. The lowest BCUT2D eigenvalue weighted by atomic mass is 10.0. The van der Waals surface area contributed by atoms with Crippen LogP contribution >= 0.6 is 0 Å². The van der Waals surface area contributed by atoms with Crippen LogP contribution in [0.15, 0.2) is 30.6 Å². The van der Waals surface area contributed by atoms with Gasteiger partial charge in [0.15, 0.2) is 0 Å². The fourth-order valence-electron chi connectivity index (χ4n) is 2.91. The van der Waals surface area contributed by atoms with Gasteiger partial charge in [0.05, 0.1) is 12.1 Å². The van der Waals surface area contributed by atoms with Crippen LogP contribution in [0.25, 0.3) is 17.3 Å². The van der Waals surface area contributed by atoms with Gasteiger partial charge in [0.2, 0.25) is 5.91 Å². The van der Waals surface area contributed by atoms with Gasteiger partial charge in [-0.15, -0.1) is 0 Å². The third-order valence-corrected chi connectivity index (χ3v) is 3.76. The average Bonchev–Trinajstić information content (AvgIpc) is 2.72. The van der Waals surface area contributed by atoms with Crippen LogP contribution in [-0.2, 0) is 17.8 Å². The highest BCUT2D eigenvalue weighted by Gasteiger charge is 2.21. The number of nitrogens with two attached hydrogens (primary N) is 1. The number of hydrogen-bond donors (Lipinski definition) is 1. The van der Waals surface area contributed by atoms with E-state index < -0.39 is 0 Å². The van der Waals surface area contributed by atoms with Crippen molar-refractivity contribution in [3.63, 3.8) is 0 Å². The summed E-state index contributed by atoms with van der Waals surface area (Å²) in [4.78, 5) is 15.5. The lowest BCUT2D eigenvalue weighted by molar-refractivity contribution is -0.117. The van der Waals surface area contributed by atoms with E-state index in [-0.39, 0.29) is 12.3 Å². The zero-order valence-corrected chi connectivity index (χ0v) is 11.5. The van der Waals surface area contributed by atoms with Crippen molar-refractivity contribution < 1.29 is 4.79 Å². The van der Waals surface area contributed by atoms with Gasteiger partial charge in [-0.05, 0) is 42.7 Å². The van der Waals surface area contributed by atoms with Crippen molar-refractivity contribution in [1.82, 2.24) is 9.55 Å². The van der Waals surface area contributed by atoms with Crippen molar-refractivity contribution in [2.24, 2.45) is 5.73 Å². The third kappa shape index (κ3) is 2.03. The minimum Gasteiger partial charge on any atom is -0.369 e. The highest BCUT2D eigenvalue weighted by molar-refractivity contribution is 5.81. The second-order valence-corrected chi connectivity index (χ2v) is 5.06. The van der Waals surface area contributed by atoms with Gasteiger partial charge in [0, 0.05) is 30.2 Å². The van der Waals surface area contributed by atoms with Crippen molar-refractivity contribution in [3.05, 3.63) is 47.4 Å². The second-order valence-electron chi connectivity index (χ2n) is 5.06. The summed E-state index contributed by atoms with van der Waals surface area (Å²) in [6.45, 7) is 2.98. The molecule has 2 aromatic rings. The molecule has 0 saturated heterocycles. The SMILES string of the molecule is Cc1c(CC(N)=O)c2n(c1-c1cccnc1)CCC=C2. The molecule has 1 amide bonds. The van der Waals surface area contributed by atoms with Gasteiger partial charge >= 0.3 is 0 Å². The number of hydrogen-bond acceptors (Lipinski definition) is 2. The summed E-state index contributed by atoms with van der Waals surface area (Å²) in [5.74, 6) is -0.293. The summed E-state index contributed by atoms with van der Waals surface area (Å²) in [6.07, 6.45) is 9.15. The summed E-state index contributed by atoms with van der Waals surface area (Å²) in [5.41, 5.74) is 10.9. The quantitative estimate of drug-likeness (QED) is 0.927. The molecule has 0 spiro atoms. The Morgan fingerprint density at radius 2 is 2.35 bits per heavy atom. The Balaban J connectivity index is 2.23. The summed E-state index contributed by atoms with van der Waals surface area (Å²) >= 11 is 0. The van der Waals surface area contributed by atoms with Crippen molar-refractivity contribution in [3.8, 4) is 11.3 Å². The van der Waals surface area contributed by atoms with E-state index in [0.717, 1.165) is 41.0 Å². The number of fused-ring (bicyclic) bond motifs is 1. The molecule has 0 unspecified atom stereocenters. The Morgan fingerprint density at radius 1 is 1.50 bits per heavy atom. The van der Waals surface area contributed by atoms with E-state index in [0.29, 0.717) is 0 Å². The number of allylic oxidation sites excluding steroid dienone is 1. The molecule has 0 atom stereocenters. The zero-order valence-electron chi connectivity index (χ0n) is 11.5. The Morgan fingerprint density at radius 3 is 3.05 bits per heavy atom. The predicted octanol–water partition coefficient (Wildman–Crippen LogP) is 2.30. The van der Waals surface area contributed by atoms with Crippen LogP contribution in [0.3, 0.4) is 0 Å². The molecule has 2 N–H and O–H groups in total. The smallest absolute Gasteiger partial charge is 0.221 e. The van der Waals surface area contributed by atoms with E-state index in [1.807, 2.05) is 12.3 Å². The normalized spacial score (nSPS) is 13.2.